The first-order chi connectivity index (χ1) is 13.1. The molecular formula is C20H17F4N3O. The Balaban J connectivity index is 1.70. The summed E-state index contributed by atoms with van der Waals surface area (Å²) in [5, 5.41) is 15.3. The van der Waals surface area contributed by atoms with Crippen LogP contribution in [0.5, 0.6) is 5.75 Å². The predicted octanol–water partition coefficient (Wildman–Crippen LogP) is 5.36. The number of benzene rings is 1. The Morgan fingerprint density at radius 3 is 2.61 bits per heavy atom. The molecule has 1 N–H and O–H groups in total. The van der Waals surface area contributed by atoms with Gasteiger partial charge in [0, 0.05) is 30.0 Å². The van der Waals surface area contributed by atoms with E-state index in [0.29, 0.717) is 17.4 Å². The summed E-state index contributed by atoms with van der Waals surface area (Å²) >= 11 is 0. The minimum atomic E-state index is -4.54. The van der Waals surface area contributed by atoms with E-state index in [9.17, 15) is 22.7 Å². The second-order valence-corrected chi connectivity index (χ2v) is 7.20. The van der Waals surface area contributed by atoms with Gasteiger partial charge in [-0.1, -0.05) is 12.7 Å². The van der Waals surface area contributed by atoms with Gasteiger partial charge < -0.3 is 5.11 Å². The molecule has 3 aromatic rings. The highest BCUT2D eigenvalue weighted by Crippen LogP contribution is 2.45. The number of nitrogens with zero attached hydrogens (tertiary/aromatic N) is 3. The molecule has 1 saturated carbocycles. The maximum Gasteiger partial charge on any atom is 0.416 e. The van der Waals surface area contributed by atoms with E-state index in [4.69, 9.17) is 0 Å². The fourth-order valence-corrected chi connectivity index (χ4v) is 3.59. The molecule has 0 atom stereocenters. The number of rotatable bonds is 3. The van der Waals surface area contributed by atoms with Crippen LogP contribution in [-0.4, -0.2) is 25.5 Å². The Kier molecular flexibility index (Phi) is 3.99. The van der Waals surface area contributed by atoms with E-state index >= 15 is 0 Å². The number of alkyl halides is 4. The minimum Gasteiger partial charge on any atom is -0.507 e. The minimum absolute atomic E-state index is 0.0955. The van der Waals surface area contributed by atoms with Crippen molar-refractivity contribution >= 4 is 11.0 Å². The summed E-state index contributed by atoms with van der Waals surface area (Å²) in [6.07, 6.45) is -0.902. The molecule has 146 valence electrons. The van der Waals surface area contributed by atoms with Gasteiger partial charge in [-0.25, -0.2) is 9.37 Å². The van der Waals surface area contributed by atoms with Crippen LogP contribution >= 0.6 is 0 Å². The summed E-state index contributed by atoms with van der Waals surface area (Å²) in [5.41, 5.74) is -1.11. The smallest absolute Gasteiger partial charge is 0.416 e. The van der Waals surface area contributed by atoms with E-state index in [2.05, 4.69) is 16.7 Å². The topological polar surface area (TPSA) is 50.9 Å². The molecule has 0 unspecified atom stereocenters. The molecule has 0 radical (unpaired) electrons. The summed E-state index contributed by atoms with van der Waals surface area (Å²) in [6.45, 7) is 4.98. The molecular weight excluding hydrogens is 374 g/mol. The van der Waals surface area contributed by atoms with E-state index in [-0.39, 0.29) is 30.0 Å². The van der Waals surface area contributed by atoms with Crippen LogP contribution in [0, 0.1) is 6.92 Å². The van der Waals surface area contributed by atoms with Gasteiger partial charge in [-0.3, -0.25) is 4.68 Å². The van der Waals surface area contributed by atoms with Crippen molar-refractivity contribution in [1.82, 2.24) is 14.8 Å². The van der Waals surface area contributed by atoms with Crippen LogP contribution in [0.1, 0.15) is 30.0 Å². The Hall–Kier alpha value is -2.90. The van der Waals surface area contributed by atoms with Crippen molar-refractivity contribution in [2.45, 2.75) is 37.7 Å². The number of phenolic OH excluding ortho intramolecular Hbond substituents is 1. The second kappa shape index (κ2) is 6.05. The molecule has 4 nitrogen and oxygen atoms in total. The molecule has 0 aliphatic heterocycles. The first kappa shape index (κ1) is 18.5. The molecule has 0 bridgehead atoms. The van der Waals surface area contributed by atoms with Crippen molar-refractivity contribution in [2.24, 2.45) is 0 Å². The van der Waals surface area contributed by atoms with Gasteiger partial charge in [0.05, 0.1) is 17.3 Å². The number of aromatic hydroxyl groups is 1. The third-order valence-electron chi connectivity index (χ3n) is 5.17. The largest absolute Gasteiger partial charge is 0.507 e. The molecule has 8 heteroatoms. The molecule has 0 amide bonds. The quantitative estimate of drug-likeness (QED) is 0.483. The predicted molar refractivity (Wildman–Crippen MR) is 96.7 cm³/mol. The number of phenols is 1. The summed E-state index contributed by atoms with van der Waals surface area (Å²) < 4.78 is 54.4. The van der Waals surface area contributed by atoms with Crippen LogP contribution in [-0.2, 0) is 6.18 Å². The lowest BCUT2D eigenvalue weighted by Gasteiger charge is -2.39. The number of pyridine rings is 1. The third-order valence-corrected chi connectivity index (χ3v) is 5.17. The second-order valence-electron chi connectivity index (χ2n) is 7.20. The van der Waals surface area contributed by atoms with Crippen molar-refractivity contribution in [3.63, 3.8) is 0 Å². The van der Waals surface area contributed by atoms with Crippen LogP contribution in [0.4, 0.5) is 17.6 Å². The van der Waals surface area contributed by atoms with E-state index in [1.807, 2.05) is 0 Å². The molecule has 0 saturated heterocycles. The zero-order valence-corrected chi connectivity index (χ0v) is 15.0. The van der Waals surface area contributed by atoms with Gasteiger partial charge in [0.1, 0.15) is 11.4 Å². The highest BCUT2D eigenvalue weighted by Gasteiger charge is 2.43. The van der Waals surface area contributed by atoms with E-state index in [1.165, 1.54) is 13.0 Å². The normalized spacial score (nSPS) is 22.2. The van der Waals surface area contributed by atoms with Crippen molar-refractivity contribution in [1.29, 1.82) is 0 Å². The lowest BCUT2D eigenvalue weighted by atomic mass is 9.77. The van der Waals surface area contributed by atoms with Crippen molar-refractivity contribution in [3.05, 3.63) is 54.2 Å². The summed E-state index contributed by atoms with van der Waals surface area (Å²) in [4.78, 5) is 4.39. The number of halogens is 4. The van der Waals surface area contributed by atoms with Gasteiger partial charge in [-0.15, -0.1) is 0 Å². The van der Waals surface area contributed by atoms with Crippen molar-refractivity contribution in [3.8, 4) is 17.0 Å². The first-order valence-corrected chi connectivity index (χ1v) is 8.69. The third kappa shape index (κ3) is 3.02. The molecule has 2 heterocycles. The van der Waals surface area contributed by atoms with Gasteiger partial charge in [0.2, 0.25) is 0 Å². The maximum atomic E-state index is 14.0. The highest BCUT2D eigenvalue weighted by atomic mass is 19.4. The Morgan fingerprint density at radius 2 is 2.00 bits per heavy atom. The van der Waals surface area contributed by atoms with Gasteiger partial charge in [0.25, 0.3) is 0 Å². The molecule has 2 aromatic heterocycles. The first-order valence-electron chi connectivity index (χ1n) is 8.69. The average molecular weight is 391 g/mol. The van der Waals surface area contributed by atoms with Crippen molar-refractivity contribution in [2.75, 3.05) is 0 Å². The zero-order valence-electron chi connectivity index (χ0n) is 15.0. The molecule has 1 aliphatic rings. The Labute approximate surface area is 158 Å². The zero-order chi connectivity index (χ0) is 20.3. The SMILES string of the molecule is C=CC1(F)CC(n2cc3ccc(-c4c(C)cc(C(F)(F)F)cc4O)nc3n2)C1. The van der Waals surface area contributed by atoms with Crippen LogP contribution in [0.2, 0.25) is 0 Å². The Morgan fingerprint density at radius 1 is 1.29 bits per heavy atom. The average Bonchev–Trinajstić information content (AvgIpc) is 3.00. The summed E-state index contributed by atoms with van der Waals surface area (Å²) in [7, 11) is 0. The molecule has 1 fully saturated rings. The van der Waals surface area contributed by atoms with Crippen LogP contribution in [0.15, 0.2) is 43.1 Å². The number of hydrogen-bond acceptors (Lipinski definition) is 3. The van der Waals surface area contributed by atoms with Gasteiger partial charge in [-0.05, 0) is 36.8 Å². The lowest BCUT2D eigenvalue weighted by Crippen LogP contribution is -2.39. The van der Waals surface area contributed by atoms with Gasteiger partial charge in [-0.2, -0.15) is 18.3 Å². The molecule has 1 aromatic carbocycles. The van der Waals surface area contributed by atoms with E-state index in [0.717, 1.165) is 11.5 Å². The number of allylic oxidation sites excluding steroid dienone is 1. The summed E-state index contributed by atoms with van der Waals surface area (Å²) in [6, 6.07) is 4.92. The van der Waals surface area contributed by atoms with Crippen LogP contribution < -0.4 is 0 Å². The standard InChI is InChI=1S/C20H17F4N3O/c1-3-19(21)8-14(9-19)27-10-12-4-5-15(25-18(12)26-27)17-11(2)6-13(7-16(17)28)20(22,23)24/h3-7,10,14,28H,1,8-9H2,2H3. The highest BCUT2D eigenvalue weighted by molar-refractivity contribution is 5.80. The monoisotopic (exact) mass is 391 g/mol. The van der Waals surface area contributed by atoms with E-state index in [1.54, 1.807) is 23.0 Å². The molecule has 1 aliphatic carbocycles. The number of aromatic nitrogens is 3. The fraction of sp³-hybridized carbons (Fsp3) is 0.300. The number of aryl methyl sites for hydroxylation is 1. The summed E-state index contributed by atoms with van der Waals surface area (Å²) in [5.74, 6) is -0.495. The number of hydrogen-bond donors (Lipinski definition) is 1. The molecule has 4 rings (SSSR count). The molecule has 28 heavy (non-hydrogen) atoms. The van der Waals surface area contributed by atoms with E-state index < -0.39 is 23.2 Å². The van der Waals surface area contributed by atoms with Crippen molar-refractivity contribution < 1.29 is 22.7 Å². The lowest BCUT2D eigenvalue weighted by molar-refractivity contribution is -0.137. The Bertz CT molecular complexity index is 1060. The van der Waals surface area contributed by atoms with Crippen LogP contribution in [0.25, 0.3) is 22.3 Å². The number of fused-ring (bicyclic) bond motifs is 1. The molecule has 0 spiro atoms. The van der Waals surface area contributed by atoms with Gasteiger partial charge >= 0.3 is 6.18 Å². The fourth-order valence-electron chi connectivity index (χ4n) is 3.59. The maximum absolute atomic E-state index is 14.0. The van der Waals surface area contributed by atoms with Gasteiger partial charge in [0.15, 0.2) is 5.65 Å². The van der Waals surface area contributed by atoms with Crippen LogP contribution in [0.3, 0.4) is 0 Å².